The first-order valence-corrected chi connectivity index (χ1v) is 10.8. The van der Waals surface area contributed by atoms with Crippen LogP contribution in [0.25, 0.3) is 0 Å². The predicted molar refractivity (Wildman–Crippen MR) is 114 cm³/mol. The number of hydrogen-bond acceptors (Lipinski definition) is 6. The average Bonchev–Trinajstić information content (AvgIpc) is 2.72. The van der Waals surface area contributed by atoms with Crippen molar-refractivity contribution in [2.24, 2.45) is 5.92 Å². The largest absolute Gasteiger partial charge is 0.483 e. The molecule has 30 heavy (non-hydrogen) atoms. The number of hydrogen-bond donors (Lipinski definition) is 4. The molecule has 3 amide bonds. The van der Waals surface area contributed by atoms with Crippen molar-refractivity contribution in [1.29, 1.82) is 0 Å². The Morgan fingerprint density at radius 2 is 1.87 bits per heavy atom. The van der Waals surface area contributed by atoms with Gasteiger partial charge in [0.25, 0.3) is 5.91 Å². The van der Waals surface area contributed by atoms with Gasteiger partial charge >= 0.3 is 6.03 Å². The van der Waals surface area contributed by atoms with Gasteiger partial charge in [0.15, 0.2) is 6.61 Å². The van der Waals surface area contributed by atoms with Crippen LogP contribution in [-0.2, 0) is 16.2 Å². The summed E-state index contributed by atoms with van der Waals surface area (Å²) in [5.74, 6) is 0.875. The third-order valence-corrected chi connectivity index (χ3v) is 5.34. The fourth-order valence-corrected chi connectivity index (χ4v) is 3.80. The van der Waals surface area contributed by atoms with Crippen molar-refractivity contribution < 1.29 is 24.5 Å². The van der Waals surface area contributed by atoms with Crippen LogP contribution in [-0.4, -0.2) is 42.5 Å². The molecule has 1 fully saturated rings. The maximum absolute atomic E-state index is 12.0. The van der Waals surface area contributed by atoms with Crippen molar-refractivity contribution in [2.75, 3.05) is 13.2 Å². The van der Waals surface area contributed by atoms with E-state index in [4.69, 9.17) is 9.99 Å². The van der Waals surface area contributed by atoms with Crippen molar-refractivity contribution in [3.63, 3.8) is 0 Å². The highest BCUT2D eigenvalue weighted by atomic mass is 17.1. The normalized spacial score (nSPS) is 16.5. The molecule has 1 saturated carbocycles. The monoisotopic (exact) mass is 421 g/mol. The molecule has 1 aromatic carbocycles. The molecule has 0 bridgehead atoms. The standard InChI is InChI=1S/C22H35N3O5/c1-16(12-18-8-4-3-5-9-18)23-13-19-10-6-7-11-20(19)29-15-21(26)25-22(27)24-17(2)14-30-28/h6-7,10-11,16-18,23,28H,3-5,8-9,12-15H2,1-2H3,(H2,24,25,26,27). The van der Waals surface area contributed by atoms with Gasteiger partial charge < -0.3 is 15.4 Å². The van der Waals surface area contributed by atoms with E-state index in [9.17, 15) is 9.59 Å². The first-order valence-electron chi connectivity index (χ1n) is 10.8. The Bertz CT molecular complexity index is 664. The molecular formula is C22H35N3O5. The minimum absolute atomic E-state index is 0.0718. The fourth-order valence-electron chi connectivity index (χ4n) is 3.80. The molecule has 1 aliphatic carbocycles. The molecule has 4 N–H and O–H groups in total. The lowest BCUT2D eigenvalue weighted by Crippen LogP contribution is -2.46. The maximum atomic E-state index is 12.0. The Labute approximate surface area is 178 Å². The Morgan fingerprint density at radius 3 is 2.60 bits per heavy atom. The van der Waals surface area contributed by atoms with Crippen LogP contribution in [0.4, 0.5) is 4.79 Å². The lowest BCUT2D eigenvalue weighted by atomic mass is 9.85. The Hall–Kier alpha value is -2.16. The predicted octanol–water partition coefficient (Wildman–Crippen LogP) is 3.22. The second-order valence-electron chi connectivity index (χ2n) is 8.14. The molecule has 168 valence electrons. The summed E-state index contributed by atoms with van der Waals surface area (Å²) < 4.78 is 5.64. The SMILES string of the molecule is CC(CC1CCCCC1)NCc1ccccc1OCC(=O)NC(=O)NC(C)COO. The van der Waals surface area contributed by atoms with Crippen LogP contribution in [0.3, 0.4) is 0 Å². The van der Waals surface area contributed by atoms with Crippen LogP contribution < -0.4 is 20.7 Å². The van der Waals surface area contributed by atoms with Gasteiger partial charge in [0, 0.05) is 18.2 Å². The average molecular weight is 422 g/mol. The number of urea groups is 1. The molecule has 0 heterocycles. The zero-order valence-electron chi connectivity index (χ0n) is 18.0. The number of rotatable bonds is 11. The van der Waals surface area contributed by atoms with Crippen molar-refractivity contribution in [1.82, 2.24) is 16.0 Å². The number of amides is 3. The smallest absolute Gasteiger partial charge is 0.321 e. The van der Waals surface area contributed by atoms with Gasteiger partial charge in [-0.15, -0.1) is 0 Å². The molecule has 2 rings (SSSR count). The van der Waals surface area contributed by atoms with Crippen LogP contribution in [0, 0.1) is 5.92 Å². The molecule has 0 radical (unpaired) electrons. The molecular weight excluding hydrogens is 386 g/mol. The van der Waals surface area contributed by atoms with Gasteiger partial charge in [-0.1, -0.05) is 50.3 Å². The minimum Gasteiger partial charge on any atom is -0.483 e. The van der Waals surface area contributed by atoms with Crippen molar-refractivity contribution in [3.05, 3.63) is 29.8 Å². The van der Waals surface area contributed by atoms with Crippen LogP contribution >= 0.6 is 0 Å². The summed E-state index contributed by atoms with van der Waals surface area (Å²) in [5, 5.41) is 16.6. The number of ether oxygens (including phenoxy) is 1. The number of para-hydroxylation sites is 1. The Balaban J connectivity index is 1.76. The van der Waals surface area contributed by atoms with Crippen LogP contribution in [0.15, 0.2) is 24.3 Å². The Kier molecular flexibility index (Phi) is 10.6. The summed E-state index contributed by atoms with van der Waals surface area (Å²) in [6.45, 7) is 4.16. The van der Waals surface area contributed by atoms with E-state index in [0.29, 0.717) is 18.3 Å². The highest BCUT2D eigenvalue weighted by Crippen LogP contribution is 2.27. The zero-order valence-corrected chi connectivity index (χ0v) is 18.0. The maximum Gasteiger partial charge on any atom is 0.321 e. The van der Waals surface area contributed by atoms with Gasteiger partial charge in [-0.25, -0.2) is 9.68 Å². The molecule has 8 nitrogen and oxygen atoms in total. The summed E-state index contributed by atoms with van der Waals surface area (Å²) in [5.41, 5.74) is 0.971. The first-order chi connectivity index (χ1) is 14.5. The minimum atomic E-state index is -0.667. The van der Waals surface area contributed by atoms with E-state index in [-0.39, 0.29) is 13.2 Å². The summed E-state index contributed by atoms with van der Waals surface area (Å²) in [6.07, 6.45) is 7.92. The molecule has 1 aliphatic rings. The van der Waals surface area contributed by atoms with Gasteiger partial charge in [0.05, 0.1) is 6.04 Å². The highest BCUT2D eigenvalue weighted by Gasteiger charge is 2.17. The molecule has 2 atom stereocenters. The van der Waals surface area contributed by atoms with E-state index in [0.717, 1.165) is 11.5 Å². The molecule has 2 unspecified atom stereocenters. The highest BCUT2D eigenvalue weighted by molar-refractivity contribution is 5.95. The summed E-state index contributed by atoms with van der Waals surface area (Å²) in [4.78, 5) is 27.6. The summed E-state index contributed by atoms with van der Waals surface area (Å²) in [6, 6.07) is 6.89. The third-order valence-electron chi connectivity index (χ3n) is 5.34. The molecule has 8 heteroatoms. The molecule has 0 saturated heterocycles. The third kappa shape index (κ3) is 9.11. The molecule has 0 aromatic heterocycles. The van der Waals surface area contributed by atoms with E-state index >= 15 is 0 Å². The number of nitrogens with one attached hydrogen (secondary N) is 3. The van der Waals surface area contributed by atoms with Gasteiger partial charge in [-0.3, -0.25) is 15.4 Å². The number of carbonyl (C=O) groups is 2. The lowest BCUT2D eigenvalue weighted by molar-refractivity contribution is -0.245. The molecule has 1 aromatic rings. The van der Waals surface area contributed by atoms with Crippen molar-refractivity contribution in [3.8, 4) is 5.75 Å². The summed E-state index contributed by atoms with van der Waals surface area (Å²) in [7, 11) is 0. The number of carbonyl (C=O) groups excluding carboxylic acids is 2. The number of imide groups is 1. The van der Waals surface area contributed by atoms with E-state index in [1.54, 1.807) is 6.92 Å². The molecule has 0 aliphatic heterocycles. The van der Waals surface area contributed by atoms with Gasteiger partial charge in [0.1, 0.15) is 12.4 Å². The topological polar surface area (TPSA) is 109 Å². The van der Waals surface area contributed by atoms with Crippen molar-refractivity contribution >= 4 is 11.9 Å². The zero-order chi connectivity index (χ0) is 21.8. The van der Waals surface area contributed by atoms with Gasteiger partial charge in [-0.05, 0) is 32.3 Å². The second-order valence-corrected chi connectivity index (χ2v) is 8.14. The van der Waals surface area contributed by atoms with E-state index in [1.807, 2.05) is 24.3 Å². The van der Waals surface area contributed by atoms with Crippen LogP contribution in [0.2, 0.25) is 0 Å². The molecule has 0 spiro atoms. The van der Waals surface area contributed by atoms with E-state index in [2.05, 4.69) is 27.8 Å². The van der Waals surface area contributed by atoms with Gasteiger partial charge in [0.2, 0.25) is 0 Å². The fraction of sp³-hybridized carbons (Fsp3) is 0.636. The number of benzene rings is 1. The lowest BCUT2D eigenvalue weighted by Gasteiger charge is -2.25. The van der Waals surface area contributed by atoms with Gasteiger partial charge in [-0.2, -0.15) is 0 Å². The summed E-state index contributed by atoms with van der Waals surface area (Å²) >= 11 is 0. The van der Waals surface area contributed by atoms with Crippen molar-refractivity contribution in [2.45, 2.75) is 71.0 Å². The Morgan fingerprint density at radius 1 is 1.13 bits per heavy atom. The first kappa shape index (κ1) is 24.1. The quantitative estimate of drug-likeness (QED) is 0.323. The van der Waals surface area contributed by atoms with Crippen LogP contribution in [0.1, 0.15) is 57.9 Å². The van der Waals surface area contributed by atoms with E-state index in [1.165, 1.54) is 38.5 Å². The van der Waals surface area contributed by atoms with Crippen LogP contribution in [0.5, 0.6) is 5.75 Å². The second kappa shape index (κ2) is 13.2. The van der Waals surface area contributed by atoms with E-state index < -0.39 is 18.0 Å².